The van der Waals surface area contributed by atoms with Gasteiger partial charge in [-0.1, -0.05) is 20.8 Å². The lowest BCUT2D eigenvalue weighted by Crippen LogP contribution is -2.49. The van der Waals surface area contributed by atoms with Crippen molar-refractivity contribution in [2.45, 2.75) is 46.4 Å². The third kappa shape index (κ3) is 4.25. The first-order valence-electron chi connectivity index (χ1n) is 5.16. The molecule has 0 bridgehead atoms. The Morgan fingerprint density at radius 3 is 1.92 bits per heavy atom. The average Bonchev–Trinajstić information content (AvgIpc) is 1.99. The molecule has 0 amide bonds. The monoisotopic (exact) mass is 203 g/mol. The van der Waals surface area contributed by atoms with Crippen LogP contribution < -0.4 is 0 Å². The highest BCUT2D eigenvalue weighted by molar-refractivity contribution is 6.68. The third-order valence-corrected chi connectivity index (χ3v) is 5.70. The smallest absolute Gasteiger partial charge is 0.265 e. The van der Waals surface area contributed by atoms with Crippen molar-refractivity contribution >= 4 is 8.48 Å². The van der Waals surface area contributed by atoms with Crippen molar-refractivity contribution in [3.63, 3.8) is 0 Å². The summed E-state index contributed by atoms with van der Waals surface area (Å²) in [6.07, 6.45) is 1.53. The van der Waals surface area contributed by atoms with Crippen molar-refractivity contribution in [2.24, 2.45) is 5.92 Å². The summed E-state index contributed by atoms with van der Waals surface area (Å²) in [4.78, 5) is 0. The number of nitrogens with zero attached hydrogens (tertiary/aromatic N) is 1. The van der Waals surface area contributed by atoms with Crippen molar-refractivity contribution in [3.8, 4) is 0 Å². The lowest BCUT2D eigenvalue weighted by Gasteiger charge is -2.35. The van der Waals surface area contributed by atoms with Gasteiger partial charge in [-0.3, -0.25) is 0 Å². The van der Waals surface area contributed by atoms with Gasteiger partial charge in [0.25, 0.3) is 8.48 Å². The van der Waals surface area contributed by atoms with Gasteiger partial charge in [0.05, 0.1) is 0 Å². The molecule has 0 heterocycles. The van der Waals surface area contributed by atoms with Crippen LogP contribution in [-0.4, -0.2) is 33.2 Å². The first-order valence-corrected chi connectivity index (χ1v) is 8.02. The van der Waals surface area contributed by atoms with Gasteiger partial charge in [0.15, 0.2) is 0 Å². The summed E-state index contributed by atoms with van der Waals surface area (Å²) in [5.41, 5.74) is 0. The predicted octanol–water partition coefficient (Wildman–Crippen LogP) is 2.70. The topological polar surface area (TPSA) is 12.5 Å². The Kier molecular flexibility index (Phi) is 5.18. The Balaban J connectivity index is 4.22. The maximum Gasteiger partial charge on any atom is 0.265 e. The molecule has 3 heteroatoms. The molecule has 0 aromatic carbocycles. The Morgan fingerprint density at radius 1 is 1.23 bits per heavy atom. The molecule has 0 aromatic heterocycles. The molecule has 0 aliphatic rings. The first-order chi connectivity index (χ1) is 5.81. The molecule has 2 nitrogen and oxygen atoms in total. The zero-order valence-corrected chi connectivity index (χ0v) is 11.2. The van der Waals surface area contributed by atoms with E-state index < -0.39 is 8.48 Å². The largest absolute Gasteiger partial charge is 0.400 e. The summed E-state index contributed by atoms with van der Waals surface area (Å²) in [6, 6.07) is 0. The SMILES string of the molecule is CCC(O[Si](C)(C)N(C)C)C(C)C. The van der Waals surface area contributed by atoms with Gasteiger partial charge in [-0.2, -0.15) is 0 Å². The highest BCUT2D eigenvalue weighted by Gasteiger charge is 2.29. The van der Waals surface area contributed by atoms with E-state index in [1.807, 2.05) is 0 Å². The fourth-order valence-corrected chi connectivity index (χ4v) is 2.56. The molecule has 1 unspecified atom stereocenters. The van der Waals surface area contributed by atoms with Gasteiger partial charge in [0, 0.05) is 6.10 Å². The van der Waals surface area contributed by atoms with Crippen molar-refractivity contribution in [1.82, 2.24) is 4.57 Å². The van der Waals surface area contributed by atoms with Gasteiger partial charge in [0.2, 0.25) is 0 Å². The number of rotatable bonds is 5. The van der Waals surface area contributed by atoms with E-state index in [1.54, 1.807) is 0 Å². The van der Waals surface area contributed by atoms with E-state index in [0.29, 0.717) is 12.0 Å². The molecule has 0 saturated heterocycles. The van der Waals surface area contributed by atoms with Crippen LogP contribution in [0.15, 0.2) is 0 Å². The van der Waals surface area contributed by atoms with Gasteiger partial charge in [-0.05, 0) is 39.5 Å². The summed E-state index contributed by atoms with van der Waals surface area (Å²) in [5, 5.41) is 0. The number of hydrogen-bond acceptors (Lipinski definition) is 2. The lowest BCUT2D eigenvalue weighted by molar-refractivity contribution is 0.121. The molecule has 0 aliphatic heterocycles. The Morgan fingerprint density at radius 2 is 1.69 bits per heavy atom. The minimum absolute atomic E-state index is 0.420. The van der Waals surface area contributed by atoms with Gasteiger partial charge in [0.1, 0.15) is 0 Å². The molecule has 0 saturated carbocycles. The van der Waals surface area contributed by atoms with Crippen LogP contribution in [0.2, 0.25) is 13.1 Å². The molecule has 0 aromatic rings. The predicted molar refractivity (Wildman–Crippen MR) is 61.2 cm³/mol. The summed E-state index contributed by atoms with van der Waals surface area (Å²) >= 11 is 0. The Bertz CT molecular complexity index is 146. The van der Waals surface area contributed by atoms with Crippen LogP contribution in [-0.2, 0) is 4.43 Å². The maximum absolute atomic E-state index is 6.17. The summed E-state index contributed by atoms with van der Waals surface area (Å²) in [5.74, 6) is 0.622. The van der Waals surface area contributed by atoms with Crippen molar-refractivity contribution in [1.29, 1.82) is 0 Å². The standard InChI is InChI=1S/C10H25NOSi/c1-8-10(9(2)3)12-13(6,7)11(4)5/h9-10H,8H2,1-7H3. The molecule has 0 rings (SSSR count). The van der Waals surface area contributed by atoms with Gasteiger partial charge in [-0.25, -0.2) is 0 Å². The minimum Gasteiger partial charge on any atom is -0.400 e. The van der Waals surface area contributed by atoms with E-state index >= 15 is 0 Å². The fourth-order valence-electron chi connectivity index (χ4n) is 1.17. The van der Waals surface area contributed by atoms with Crippen LogP contribution in [0.1, 0.15) is 27.2 Å². The molecular formula is C10H25NOSi. The summed E-state index contributed by atoms with van der Waals surface area (Å²) in [7, 11) is 2.63. The molecule has 0 fully saturated rings. The van der Waals surface area contributed by atoms with E-state index in [4.69, 9.17) is 4.43 Å². The quantitative estimate of drug-likeness (QED) is 0.637. The lowest BCUT2D eigenvalue weighted by atomic mass is 10.1. The molecule has 0 spiro atoms. The second kappa shape index (κ2) is 5.13. The van der Waals surface area contributed by atoms with Gasteiger partial charge >= 0.3 is 0 Å². The van der Waals surface area contributed by atoms with E-state index in [2.05, 4.69) is 52.5 Å². The fraction of sp³-hybridized carbons (Fsp3) is 1.00. The number of hydrogen-bond donors (Lipinski definition) is 0. The van der Waals surface area contributed by atoms with Gasteiger partial charge < -0.3 is 8.99 Å². The normalized spacial score (nSPS) is 15.5. The zero-order chi connectivity index (χ0) is 10.6. The Labute approximate surface area is 84.5 Å². The molecular weight excluding hydrogens is 178 g/mol. The molecule has 0 N–H and O–H groups in total. The zero-order valence-electron chi connectivity index (χ0n) is 10.2. The highest BCUT2D eigenvalue weighted by atomic mass is 28.4. The Hall–Kier alpha value is 0.137. The van der Waals surface area contributed by atoms with Crippen LogP contribution >= 0.6 is 0 Å². The second-order valence-corrected chi connectivity index (χ2v) is 8.67. The summed E-state index contributed by atoms with van der Waals surface area (Å²) in [6.45, 7) is 11.2. The van der Waals surface area contributed by atoms with E-state index in [0.717, 1.165) is 6.42 Å². The molecule has 0 radical (unpaired) electrons. The first kappa shape index (κ1) is 13.1. The van der Waals surface area contributed by atoms with E-state index in [-0.39, 0.29) is 0 Å². The highest BCUT2D eigenvalue weighted by Crippen LogP contribution is 2.18. The van der Waals surface area contributed by atoms with Crippen LogP contribution in [0.4, 0.5) is 0 Å². The minimum atomic E-state index is -1.59. The van der Waals surface area contributed by atoms with Crippen LogP contribution in [0.25, 0.3) is 0 Å². The van der Waals surface area contributed by atoms with E-state index in [9.17, 15) is 0 Å². The van der Waals surface area contributed by atoms with Crippen LogP contribution in [0.5, 0.6) is 0 Å². The van der Waals surface area contributed by atoms with Gasteiger partial charge in [-0.15, -0.1) is 0 Å². The van der Waals surface area contributed by atoms with Crippen LogP contribution in [0, 0.1) is 5.92 Å². The maximum atomic E-state index is 6.17. The molecule has 80 valence electrons. The van der Waals surface area contributed by atoms with Crippen molar-refractivity contribution < 1.29 is 4.43 Å². The molecule has 0 aliphatic carbocycles. The van der Waals surface area contributed by atoms with E-state index in [1.165, 1.54) is 0 Å². The van der Waals surface area contributed by atoms with Crippen LogP contribution in [0.3, 0.4) is 0 Å². The second-order valence-electron chi connectivity index (χ2n) is 4.65. The third-order valence-electron chi connectivity index (χ3n) is 2.66. The average molecular weight is 203 g/mol. The molecule has 13 heavy (non-hydrogen) atoms. The molecule has 1 atom stereocenters. The van der Waals surface area contributed by atoms with Crippen molar-refractivity contribution in [3.05, 3.63) is 0 Å². The summed E-state index contributed by atoms with van der Waals surface area (Å²) < 4.78 is 8.42. The van der Waals surface area contributed by atoms with Crippen molar-refractivity contribution in [2.75, 3.05) is 14.1 Å².